The summed E-state index contributed by atoms with van der Waals surface area (Å²) < 4.78 is 15.5. The molecule has 0 saturated carbocycles. The minimum Gasteiger partial charge on any atom is -0.207 e. The summed E-state index contributed by atoms with van der Waals surface area (Å²) in [4.78, 5) is 0. The molecule has 0 saturated heterocycles. The second-order valence-corrected chi connectivity index (χ2v) is 8.96. The Morgan fingerprint density at radius 1 is 1.19 bits per heavy atom. The lowest BCUT2D eigenvalue weighted by Gasteiger charge is -2.41. The smallest absolute Gasteiger partial charge is 0.126 e. The van der Waals surface area contributed by atoms with Crippen LogP contribution in [0.1, 0.15) is 71.9 Å². The zero-order chi connectivity index (χ0) is 23.9. The van der Waals surface area contributed by atoms with E-state index >= 15 is 4.39 Å². The molecule has 0 bridgehead atoms. The van der Waals surface area contributed by atoms with Crippen LogP contribution in [0.4, 0.5) is 4.39 Å². The predicted molar refractivity (Wildman–Crippen MR) is 141 cm³/mol. The van der Waals surface area contributed by atoms with Crippen LogP contribution < -0.4 is 0 Å². The van der Waals surface area contributed by atoms with Crippen LogP contribution in [0.15, 0.2) is 96.4 Å². The quantitative estimate of drug-likeness (QED) is 0.270. The minimum absolute atomic E-state index is 0.0505. The first kappa shape index (κ1) is 25.6. The van der Waals surface area contributed by atoms with E-state index in [1.54, 1.807) is 6.08 Å². The van der Waals surface area contributed by atoms with Gasteiger partial charge in [-0.1, -0.05) is 94.1 Å². The van der Waals surface area contributed by atoms with Crippen molar-refractivity contribution in [3.05, 3.63) is 108 Å². The molecule has 2 rings (SSSR count). The van der Waals surface area contributed by atoms with Crippen molar-refractivity contribution in [1.82, 2.24) is 0 Å². The van der Waals surface area contributed by atoms with Gasteiger partial charge in [0.1, 0.15) is 5.83 Å². The van der Waals surface area contributed by atoms with Gasteiger partial charge < -0.3 is 0 Å². The first-order valence-electron chi connectivity index (χ1n) is 11.7. The zero-order valence-electron chi connectivity index (χ0n) is 20.8. The van der Waals surface area contributed by atoms with Gasteiger partial charge >= 0.3 is 0 Å². The van der Waals surface area contributed by atoms with Crippen molar-refractivity contribution in [3.8, 4) is 0 Å². The van der Waals surface area contributed by atoms with Crippen LogP contribution in [0.25, 0.3) is 11.1 Å². The molecule has 0 amide bonds. The third-order valence-electron chi connectivity index (χ3n) is 6.59. The van der Waals surface area contributed by atoms with Crippen molar-refractivity contribution in [1.29, 1.82) is 0 Å². The average Bonchev–Trinajstić information content (AvgIpc) is 2.77. The van der Waals surface area contributed by atoms with Gasteiger partial charge in [0.05, 0.1) is 0 Å². The summed E-state index contributed by atoms with van der Waals surface area (Å²) in [5.74, 6) is -0.183. The summed E-state index contributed by atoms with van der Waals surface area (Å²) in [6.07, 6.45) is 14.7. The second-order valence-electron chi connectivity index (χ2n) is 8.96. The molecule has 0 nitrogen and oxygen atoms in total. The average molecular weight is 431 g/mol. The summed E-state index contributed by atoms with van der Waals surface area (Å²) in [6.45, 7) is 21.4. The molecule has 1 aliphatic carbocycles. The van der Waals surface area contributed by atoms with Gasteiger partial charge in [-0.2, -0.15) is 0 Å². The first-order chi connectivity index (χ1) is 15.2. The largest absolute Gasteiger partial charge is 0.207 e. The fourth-order valence-electron chi connectivity index (χ4n) is 4.67. The second kappa shape index (κ2) is 11.3. The molecule has 1 heteroatoms. The minimum atomic E-state index is -0.454. The van der Waals surface area contributed by atoms with Gasteiger partial charge in [-0.15, -0.1) is 0 Å². The van der Waals surface area contributed by atoms with E-state index in [1.807, 2.05) is 45.1 Å². The molecule has 1 aromatic carbocycles. The maximum Gasteiger partial charge on any atom is 0.126 e. The summed E-state index contributed by atoms with van der Waals surface area (Å²) in [6, 6.07) is 8.34. The van der Waals surface area contributed by atoms with E-state index < -0.39 is 5.41 Å². The van der Waals surface area contributed by atoms with Gasteiger partial charge in [-0.3, -0.25) is 0 Å². The van der Waals surface area contributed by atoms with Crippen molar-refractivity contribution in [3.63, 3.8) is 0 Å². The molecule has 0 radical (unpaired) electrons. The summed E-state index contributed by atoms with van der Waals surface area (Å²) >= 11 is 0. The number of allylic oxidation sites excluding steroid dienone is 12. The fourth-order valence-corrected chi connectivity index (χ4v) is 4.67. The standard InChI is InChI=1S/C31H39F/c1-9-12-13-16-24(6)30-28(20-22(4)21-29(30)32)31(8,19-10-2)25(7)27-18-15-14-17-26(27)23(5)11-3/h10,12-19,21,28H,5,7,9,11,20H2,1-4,6,8H3/b13-12-,19-10?,24-16+. The van der Waals surface area contributed by atoms with Crippen molar-refractivity contribution < 1.29 is 4.39 Å². The number of rotatable bonds is 9. The Kier molecular flexibility index (Phi) is 9.01. The molecule has 32 heavy (non-hydrogen) atoms. The van der Waals surface area contributed by atoms with Gasteiger partial charge in [0, 0.05) is 11.3 Å². The zero-order valence-corrected chi connectivity index (χ0v) is 20.8. The molecular formula is C31H39F. The van der Waals surface area contributed by atoms with E-state index in [0.29, 0.717) is 0 Å². The topological polar surface area (TPSA) is 0 Å². The van der Waals surface area contributed by atoms with E-state index in [4.69, 9.17) is 0 Å². The van der Waals surface area contributed by atoms with E-state index in [1.165, 1.54) is 0 Å². The molecule has 0 aliphatic heterocycles. The maximum absolute atomic E-state index is 15.5. The lowest BCUT2D eigenvalue weighted by Crippen LogP contribution is -2.31. The molecule has 0 N–H and O–H groups in total. The van der Waals surface area contributed by atoms with Crippen LogP contribution in [0.5, 0.6) is 0 Å². The Bertz CT molecular complexity index is 1010. The number of benzene rings is 1. The van der Waals surface area contributed by atoms with Gasteiger partial charge in [0.2, 0.25) is 0 Å². The molecule has 0 aromatic heterocycles. The molecule has 1 aliphatic rings. The highest BCUT2D eigenvalue weighted by atomic mass is 19.1. The molecule has 0 spiro atoms. The van der Waals surface area contributed by atoms with Crippen molar-refractivity contribution in [2.24, 2.45) is 11.3 Å². The monoisotopic (exact) mass is 430 g/mol. The highest BCUT2D eigenvalue weighted by molar-refractivity contribution is 5.81. The van der Waals surface area contributed by atoms with Crippen molar-refractivity contribution in [2.75, 3.05) is 0 Å². The predicted octanol–water partition coefficient (Wildman–Crippen LogP) is 9.81. The normalized spacial score (nSPS) is 19.4. The molecule has 2 unspecified atom stereocenters. The Morgan fingerprint density at radius 3 is 2.44 bits per heavy atom. The Balaban J connectivity index is 2.69. The van der Waals surface area contributed by atoms with Crippen LogP contribution in [0.3, 0.4) is 0 Å². The number of hydrogen-bond donors (Lipinski definition) is 0. The summed E-state index contributed by atoms with van der Waals surface area (Å²) in [5, 5.41) is 0. The number of halogens is 1. The lowest BCUT2D eigenvalue weighted by atomic mass is 9.62. The van der Waals surface area contributed by atoms with Gasteiger partial charge in [-0.25, -0.2) is 4.39 Å². The first-order valence-corrected chi connectivity index (χ1v) is 11.7. The van der Waals surface area contributed by atoms with Crippen LogP contribution in [-0.4, -0.2) is 0 Å². The van der Waals surface area contributed by atoms with Crippen LogP contribution in [0, 0.1) is 11.3 Å². The van der Waals surface area contributed by atoms with Crippen LogP contribution in [-0.2, 0) is 0 Å². The highest BCUT2D eigenvalue weighted by Crippen LogP contribution is 2.52. The van der Waals surface area contributed by atoms with Crippen LogP contribution in [0.2, 0.25) is 0 Å². The lowest BCUT2D eigenvalue weighted by molar-refractivity contribution is 0.373. The molecular weight excluding hydrogens is 391 g/mol. The van der Waals surface area contributed by atoms with Gasteiger partial charge in [-0.05, 0) is 79.5 Å². The molecule has 1 aromatic rings. The SMILES string of the molecule is C=C(CC)c1ccccc1C(=C)C(C)(C=CC)C1CC(C)=CC(F)=C1/C(C)=C/C=C\CC. The maximum atomic E-state index is 15.5. The Labute approximate surface area is 195 Å². The molecule has 170 valence electrons. The number of hydrogen-bond acceptors (Lipinski definition) is 0. The van der Waals surface area contributed by atoms with Gasteiger partial charge in [0.25, 0.3) is 0 Å². The Hall–Kier alpha value is -2.67. The molecule has 0 heterocycles. The molecule has 2 atom stereocenters. The third-order valence-corrected chi connectivity index (χ3v) is 6.59. The van der Waals surface area contributed by atoms with E-state index in [-0.39, 0.29) is 11.7 Å². The van der Waals surface area contributed by atoms with Crippen molar-refractivity contribution in [2.45, 2.75) is 60.8 Å². The Morgan fingerprint density at radius 2 is 1.84 bits per heavy atom. The van der Waals surface area contributed by atoms with E-state index in [2.05, 4.69) is 64.3 Å². The van der Waals surface area contributed by atoms with E-state index in [9.17, 15) is 0 Å². The van der Waals surface area contributed by atoms with Gasteiger partial charge in [0.15, 0.2) is 0 Å². The summed E-state index contributed by atoms with van der Waals surface area (Å²) in [5.41, 5.74) is 6.67. The highest BCUT2D eigenvalue weighted by Gasteiger charge is 2.40. The fraction of sp³-hybridized carbons (Fsp3) is 0.355. The summed E-state index contributed by atoms with van der Waals surface area (Å²) in [7, 11) is 0. The third kappa shape index (κ3) is 5.38. The van der Waals surface area contributed by atoms with E-state index in [0.717, 1.165) is 58.3 Å². The van der Waals surface area contributed by atoms with Crippen LogP contribution >= 0.6 is 0 Å². The van der Waals surface area contributed by atoms with Crippen molar-refractivity contribution >= 4 is 11.1 Å². The molecule has 0 fully saturated rings.